The van der Waals surface area contributed by atoms with Gasteiger partial charge >= 0.3 is 12.4 Å². The highest BCUT2D eigenvalue weighted by Gasteiger charge is 2.37. The number of alkyl halides is 6. The van der Waals surface area contributed by atoms with Gasteiger partial charge in [0.05, 0.1) is 30.4 Å². The Hall–Kier alpha value is -3.86. The summed E-state index contributed by atoms with van der Waals surface area (Å²) in [5.74, 6) is -1.20. The molecule has 1 aliphatic rings. The molecule has 11 heteroatoms. The number of hydrogen-bond acceptors (Lipinski definition) is 3. The van der Waals surface area contributed by atoms with Crippen LogP contribution in [0.25, 0.3) is 0 Å². The molecule has 5 nitrogen and oxygen atoms in total. The highest BCUT2D eigenvalue weighted by molar-refractivity contribution is 5.91. The van der Waals surface area contributed by atoms with Gasteiger partial charge in [-0.2, -0.15) is 26.3 Å². The number of hydrogen-bond donors (Lipinski definition) is 2. The van der Waals surface area contributed by atoms with E-state index < -0.39 is 54.0 Å². The molecule has 1 heterocycles. The lowest BCUT2D eigenvalue weighted by Gasteiger charge is -2.30. The van der Waals surface area contributed by atoms with Gasteiger partial charge in [0, 0.05) is 12.3 Å². The van der Waals surface area contributed by atoms with Gasteiger partial charge in [-0.25, -0.2) is 0 Å². The lowest BCUT2D eigenvalue weighted by Crippen LogP contribution is -2.49. The van der Waals surface area contributed by atoms with Gasteiger partial charge in [-0.15, -0.1) is 0 Å². The molecule has 0 radical (unpaired) electrons. The third-order valence-electron chi connectivity index (χ3n) is 6.57. The topological polar surface area (TPSA) is 67.4 Å². The molecule has 0 bridgehead atoms. The van der Waals surface area contributed by atoms with Crippen molar-refractivity contribution in [2.75, 3.05) is 6.61 Å². The summed E-state index contributed by atoms with van der Waals surface area (Å²) in [7, 11) is 0. The quantitative estimate of drug-likeness (QED) is 0.321. The molecule has 0 spiro atoms. The summed E-state index contributed by atoms with van der Waals surface area (Å²) in [4.78, 5) is 24.7. The summed E-state index contributed by atoms with van der Waals surface area (Å²) in [6.07, 6.45) is -9.48. The maximum atomic E-state index is 13.3. The van der Waals surface area contributed by atoms with Gasteiger partial charge < -0.3 is 15.4 Å². The van der Waals surface area contributed by atoms with E-state index in [9.17, 15) is 35.9 Å². The van der Waals surface area contributed by atoms with E-state index in [2.05, 4.69) is 10.6 Å². The van der Waals surface area contributed by atoms with Gasteiger partial charge in [0.1, 0.15) is 6.04 Å². The van der Waals surface area contributed by atoms with Crippen LogP contribution in [0.1, 0.15) is 46.6 Å². The minimum atomic E-state index is -4.98. The molecule has 4 rings (SSSR count). The number of halogens is 6. The van der Waals surface area contributed by atoms with Gasteiger partial charge in [0.25, 0.3) is 0 Å². The summed E-state index contributed by atoms with van der Waals surface area (Å²) >= 11 is 0. The fraction of sp³-hybridized carbons (Fsp3) is 0.310. The van der Waals surface area contributed by atoms with E-state index in [0.29, 0.717) is 18.6 Å². The SMILES string of the molecule is O=C1CCC(C(=O)NC(COCc2cc(C(F)(F)F)cc(C(F)(F)F)c2)C(c2ccccc2)c2ccccc2)N1. The predicted molar refractivity (Wildman–Crippen MR) is 134 cm³/mol. The molecule has 212 valence electrons. The first-order chi connectivity index (χ1) is 18.9. The maximum Gasteiger partial charge on any atom is 0.416 e. The Morgan fingerprint density at radius 2 is 1.40 bits per heavy atom. The van der Waals surface area contributed by atoms with Crippen molar-refractivity contribution in [1.82, 2.24) is 10.6 Å². The first-order valence-corrected chi connectivity index (χ1v) is 12.5. The summed E-state index contributed by atoms with van der Waals surface area (Å²) in [5.41, 5.74) is -1.58. The smallest absolute Gasteiger partial charge is 0.375 e. The number of rotatable bonds is 9. The van der Waals surface area contributed by atoms with Crippen molar-refractivity contribution in [3.8, 4) is 0 Å². The van der Waals surface area contributed by atoms with Crippen LogP contribution >= 0.6 is 0 Å². The minimum Gasteiger partial charge on any atom is -0.375 e. The number of carbonyl (C=O) groups is 2. The summed E-state index contributed by atoms with van der Waals surface area (Å²) < 4.78 is 85.5. The molecular weight excluding hydrogens is 538 g/mol. The summed E-state index contributed by atoms with van der Waals surface area (Å²) in [6, 6.07) is 18.0. The standard InChI is InChI=1S/C29H26F6N2O3/c30-28(31,32)21-13-18(14-22(15-21)29(33,34)35)16-40-17-24(37-27(39)23-11-12-25(38)36-23)26(19-7-3-1-4-8-19)20-9-5-2-6-10-20/h1-10,13-15,23-24,26H,11-12,16-17H2,(H,36,38)(H,37,39). The van der Waals surface area contributed by atoms with E-state index in [1.165, 1.54) is 0 Å². The maximum absolute atomic E-state index is 13.3. The van der Waals surface area contributed by atoms with Crippen LogP contribution < -0.4 is 10.6 Å². The van der Waals surface area contributed by atoms with Gasteiger partial charge in [0.15, 0.2) is 0 Å². The van der Waals surface area contributed by atoms with E-state index in [0.717, 1.165) is 11.1 Å². The Kier molecular flexibility index (Phi) is 8.82. The van der Waals surface area contributed by atoms with E-state index in [1.54, 1.807) is 0 Å². The van der Waals surface area contributed by atoms with Gasteiger partial charge in [-0.05, 0) is 41.3 Å². The molecule has 2 atom stereocenters. The first-order valence-electron chi connectivity index (χ1n) is 12.5. The Bertz CT molecular complexity index is 1240. The molecule has 3 aromatic rings. The van der Waals surface area contributed by atoms with E-state index in [1.807, 2.05) is 60.7 Å². The van der Waals surface area contributed by atoms with Crippen molar-refractivity contribution < 1.29 is 40.7 Å². The zero-order valence-electron chi connectivity index (χ0n) is 21.1. The molecule has 1 saturated heterocycles. The van der Waals surface area contributed by atoms with Crippen LogP contribution in [0.5, 0.6) is 0 Å². The third-order valence-corrected chi connectivity index (χ3v) is 6.57. The number of ether oxygens (including phenoxy) is 1. The third kappa shape index (κ3) is 7.41. The van der Waals surface area contributed by atoms with Crippen LogP contribution in [0, 0.1) is 0 Å². The fourth-order valence-electron chi connectivity index (χ4n) is 4.70. The Labute approximate surface area is 226 Å². The molecule has 2 amide bonds. The molecule has 2 unspecified atom stereocenters. The normalized spacial score (nSPS) is 16.6. The van der Waals surface area contributed by atoms with Gasteiger partial charge in [-0.1, -0.05) is 60.7 Å². The second kappa shape index (κ2) is 12.1. The number of nitrogens with one attached hydrogen (secondary N) is 2. The van der Waals surface area contributed by atoms with Crippen molar-refractivity contribution in [2.45, 2.75) is 49.8 Å². The number of amides is 2. The lowest BCUT2D eigenvalue weighted by atomic mass is 9.85. The van der Waals surface area contributed by atoms with Crippen molar-refractivity contribution in [3.05, 3.63) is 107 Å². The second-order valence-electron chi connectivity index (χ2n) is 9.50. The molecule has 3 aromatic carbocycles. The van der Waals surface area contributed by atoms with Crippen molar-refractivity contribution in [2.24, 2.45) is 0 Å². The average Bonchev–Trinajstić information content (AvgIpc) is 3.35. The molecule has 0 aliphatic carbocycles. The Balaban J connectivity index is 1.62. The van der Waals surface area contributed by atoms with Crippen LogP contribution in [-0.2, 0) is 33.3 Å². The zero-order valence-corrected chi connectivity index (χ0v) is 21.1. The van der Waals surface area contributed by atoms with Crippen molar-refractivity contribution in [1.29, 1.82) is 0 Å². The number of carbonyl (C=O) groups excluding carboxylic acids is 2. The van der Waals surface area contributed by atoms with E-state index in [4.69, 9.17) is 4.74 Å². The minimum absolute atomic E-state index is 0.0588. The molecule has 1 fully saturated rings. The van der Waals surface area contributed by atoms with Crippen LogP contribution in [0.15, 0.2) is 78.9 Å². The van der Waals surface area contributed by atoms with Gasteiger partial charge in [0.2, 0.25) is 11.8 Å². The van der Waals surface area contributed by atoms with E-state index >= 15 is 0 Å². The van der Waals surface area contributed by atoms with Crippen LogP contribution in [0.2, 0.25) is 0 Å². The first kappa shape index (κ1) is 29.1. The molecule has 0 saturated carbocycles. The van der Waals surface area contributed by atoms with Gasteiger partial charge in [-0.3, -0.25) is 9.59 Å². The predicted octanol–water partition coefficient (Wildman–Crippen LogP) is 5.84. The Morgan fingerprint density at radius 1 is 0.875 bits per heavy atom. The Morgan fingerprint density at radius 3 is 1.85 bits per heavy atom. The molecule has 0 aromatic heterocycles. The summed E-state index contributed by atoms with van der Waals surface area (Å²) in [6.45, 7) is -0.797. The van der Waals surface area contributed by atoms with Crippen molar-refractivity contribution >= 4 is 11.8 Å². The average molecular weight is 565 g/mol. The monoisotopic (exact) mass is 564 g/mol. The fourth-order valence-corrected chi connectivity index (χ4v) is 4.70. The van der Waals surface area contributed by atoms with Crippen molar-refractivity contribution in [3.63, 3.8) is 0 Å². The molecule has 1 aliphatic heterocycles. The van der Waals surface area contributed by atoms with Crippen LogP contribution in [0.4, 0.5) is 26.3 Å². The molecular formula is C29H26F6N2O3. The summed E-state index contributed by atoms with van der Waals surface area (Å²) in [5, 5.41) is 5.49. The largest absolute Gasteiger partial charge is 0.416 e. The highest BCUT2D eigenvalue weighted by atomic mass is 19.4. The van der Waals surface area contributed by atoms with Crippen LogP contribution in [0.3, 0.4) is 0 Å². The van der Waals surface area contributed by atoms with E-state index in [-0.39, 0.29) is 30.6 Å². The zero-order chi connectivity index (χ0) is 28.9. The van der Waals surface area contributed by atoms with Crippen LogP contribution in [-0.4, -0.2) is 30.5 Å². The molecule has 40 heavy (non-hydrogen) atoms. The highest BCUT2D eigenvalue weighted by Crippen LogP contribution is 2.36. The molecule has 2 N–H and O–H groups in total. The number of benzene rings is 3. The second-order valence-corrected chi connectivity index (χ2v) is 9.50. The lowest BCUT2D eigenvalue weighted by molar-refractivity contribution is -0.143.